The maximum Gasteiger partial charge on any atom is 0.431 e. The van der Waals surface area contributed by atoms with Crippen molar-refractivity contribution in [3.05, 3.63) is 49.5 Å². The van der Waals surface area contributed by atoms with Crippen molar-refractivity contribution in [2.24, 2.45) is 7.05 Å². The van der Waals surface area contributed by atoms with Gasteiger partial charge in [0.25, 0.3) is 5.56 Å². The summed E-state index contributed by atoms with van der Waals surface area (Å²) in [7, 11) is 1.99. The number of ether oxygens (including phenoxy) is 1. The number of aromatic nitrogens is 3. The minimum atomic E-state index is -4.95. The van der Waals surface area contributed by atoms with Gasteiger partial charge in [0.05, 0.1) is 12.1 Å². The van der Waals surface area contributed by atoms with Crippen molar-refractivity contribution in [3.63, 3.8) is 0 Å². The van der Waals surface area contributed by atoms with Crippen LogP contribution in [0.25, 0.3) is 16.8 Å². The summed E-state index contributed by atoms with van der Waals surface area (Å²) in [6, 6.07) is 0.923. The number of hydrogen-bond donors (Lipinski definition) is 0. The van der Waals surface area contributed by atoms with Gasteiger partial charge in [-0.25, -0.2) is 13.8 Å². The molecule has 0 aliphatic heterocycles. The maximum atomic E-state index is 14.5. The fraction of sp³-hybridized carbons (Fsp3) is 0.214. The normalized spacial score (nSPS) is 12.0. The topological polar surface area (TPSA) is 79.3 Å². The number of nitrogens with zero attached hydrogens (tertiary/aromatic N) is 3. The Morgan fingerprint density at radius 3 is 2.50 bits per heavy atom. The summed E-state index contributed by atoms with van der Waals surface area (Å²) < 4.78 is 63.5. The minimum Gasteiger partial charge on any atom is -0.453 e. The van der Waals surface area contributed by atoms with Gasteiger partial charge in [-0.05, 0) is 6.07 Å². The molecule has 2 heterocycles. The Kier molecular flexibility index (Phi) is 4.06. The second kappa shape index (κ2) is 5.87. The molecule has 0 atom stereocenters. The molecular weight excluding hydrogens is 386 g/mol. The van der Waals surface area contributed by atoms with Gasteiger partial charge in [-0.2, -0.15) is 18.2 Å². The monoisotopic (exact) mass is 393 g/mol. The highest BCUT2D eigenvalue weighted by atomic mass is 35.5. The summed E-state index contributed by atoms with van der Waals surface area (Å²) in [5, 5.41) is -0.228. The van der Waals surface area contributed by atoms with Crippen LogP contribution < -0.4 is 16.0 Å². The first-order valence-corrected chi connectivity index (χ1v) is 7.17. The number of alkyl halides is 3. The molecule has 1 aromatic carbocycles. The SMILES string of the molecule is COc1nc2c(-n3c(=O)cc(C(F)(F)F)n(C)c3=O)c(F)cc(Cl)c2o1. The van der Waals surface area contributed by atoms with Crippen LogP contribution in [0.1, 0.15) is 5.69 Å². The van der Waals surface area contributed by atoms with Crippen molar-refractivity contribution in [3.8, 4) is 11.8 Å². The first kappa shape index (κ1) is 18.0. The van der Waals surface area contributed by atoms with Gasteiger partial charge in [-0.15, -0.1) is 0 Å². The van der Waals surface area contributed by atoms with Crippen LogP contribution in [0.15, 0.2) is 26.1 Å². The number of rotatable bonds is 2. The summed E-state index contributed by atoms with van der Waals surface area (Å²) in [5.41, 5.74) is -5.55. The van der Waals surface area contributed by atoms with Crippen molar-refractivity contribution in [1.82, 2.24) is 14.1 Å². The van der Waals surface area contributed by atoms with Gasteiger partial charge in [0.2, 0.25) is 0 Å². The van der Waals surface area contributed by atoms with Crippen LogP contribution >= 0.6 is 11.6 Å². The van der Waals surface area contributed by atoms with E-state index in [4.69, 9.17) is 20.8 Å². The molecule has 0 radical (unpaired) electrons. The number of benzene rings is 1. The first-order valence-electron chi connectivity index (χ1n) is 6.79. The van der Waals surface area contributed by atoms with E-state index in [0.29, 0.717) is 0 Å². The smallest absolute Gasteiger partial charge is 0.431 e. The van der Waals surface area contributed by atoms with E-state index >= 15 is 0 Å². The minimum absolute atomic E-state index is 0.179. The number of fused-ring (bicyclic) bond motifs is 1. The van der Waals surface area contributed by atoms with Gasteiger partial charge in [-0.3, -0.25) is 9.36 Å². The molecule has 138 valence electrons. The highest BCUT2D eigenvalue weighted by molar-refractivity contribution is 6.35. The Morgan fingerprint density at radius 1 is 1.27 bits per heavy atom. The Balaban J connectivity index is 2.46. The average molecular weight is 394 g/mol. The molecule has 2 aromatic heterocycles. The number of halogens is 5. The third-order valence-electron chi connectivity index (χ3n) is 3.54. The molecule has 0 aliphatic rings. The van der Waals surface area contributed by atoms with Crippen LogP contribution in [0.2, 0.25) is 5.02 Å². The van der Waals surface area contributed by atoms with Crippen LogP contribution in [0.3, 0.4) is 0 Å². The lowest BCUT2D eigenvalue weighted by molar-refractivity contribution is -0.144. The lowest BCUT2D eigenvalue weighted by atomic mass is 10.2. The van der Waals surface area contributed by atoms with Crippen molar-refractivity contribution in [2.45, 2.75) is 6.18 Å². The molecular formula is C14H8ClF4N3O4. The molecule has 0 aliphatic carbocycles. The van der Waals surface area contributed by atoms with Gasteiger partial charge in [-0.1, -0.05) is 11.6 Å². The van der Waals surface area contributed by atoms with Crippen LogP contribution in [0.5, 0.6) is 6.08 Å². The molecule has 0 amide bonds. The third-order valence-corrected chi connectivity index (χ3v) is 3.82. The lowest BCUT2D eigenvalue weighted by Gasteiger charge is -2.14. The third kappa shape index (κ3) is 2.64. The fourth-order valence-electron chi connectivity index (χ4n) is 2.38. The first-order chi connectivity index (χ1) is 12.1. The summed E-state index contributed by atoms with van der Waals surface area (Å²) in [4.78, 5) is 28.3. The largest absolute Gasteiger partial charge is 0.453 e. The predicted octanol–water partition coefficient (Wildman–Crippen LogP) is 2.50. The van der Waals surface area contributed by atoms with Crippen molar-refractivity contribution < 1.29 is 26.7 Å². The molecule has 0 bridgehead atoms. The number of hydrogen-bond acceptors (Lipinski definition) is 5. The Morgan fingerprint density at radius 2 is 1.92 bits per heavy atom. The van der Waals surface area contributed by atoms with E-state index < -0.39 is 34.6 Å². The summed E-state index contributed by atoms with van der Waals surface area (Å²) in [5.74, 6) is -1.16. The molecule has 7 nitrogen and oxygen atoms in total. The molecule has 0 saturated carbocycles. The Bertz CT molecular complexity index is 1150. The van der Waals surface area contributed by atoms with Crippen LogP contribution in [0, 0.1) is 5.82 Å². The van der Waals surface area contributed by atoms with E-state index in [-0.39, 0.29) is 37.4 Å². The molecule has 0 spiro atoms. The fourth-order valence-corrected chi connectivity index (χ4v) is 2.61. The van der Waals surface area contributed by atoms with E-state index in [1.54, 1.807) is 0 Å². The molecule has 26 heavy (non-hydrogen) atoms. The second-order valence-electron chi connectivity index (χ2n) is 5.09. The van der Waals surface area contributed by atoms with E-state index in [9.17, 15) is 27.2 Å². The lowest BCUT2D eigenvalue weighted by Crippen LogP contribution is -2.41. The zero-order chi connectivity index (χ0) is 19.4. The van der Waals surface area contributed by atoms with Crippen LogP contribution in [-0.2, 0) is 13.2 Å². The molecule has 12 heteroatoms. The number of methoxy groups -OCH3 is 1. The van der Waals surface area contributed by atoms with E-state index in [1.807, 2.05) is 0 Å². The van der Waals surface area contributed by atoms with Gasteiger partial charge in [0, 0.05) is 13.1 Å². The van der Waals surface area contributed by atoms with Crippen LogP contribution in [-0.4, -0.2) is 21.2 Å². The zero-order valence-electron chi connectivity index (χ0n) is 13.0. The van der Waals surface area contributed by atoms with E-state index in [0.717, 1.165) is 13.1 Å². The predicted molar refractivity (Wildman–Crippen MR) is 81.4 cm³/mol. The van der Waals surface area contributed by atoms with E-state index in [2.05, 4.69) is 4.98 Å². The summed E-state index contributed by atoms with van der Waals surface area (Å²) >= 11 is 5.84. The Labute approximate surface area is 146 Å². The molecule has 0 fully saturated rings. The number of oxazole rings is 1. The summed E-state index contributed by atoms with van der Waals surface area (Å²) in [6.45, 7) is 0. The molecule has 0 unspecified atom stereocenters. The van der Waals surface area contributed by atoms with Gasteiger partial charge in [0.15, 0.2) is 11.4 Å². The molecule has 0 N–H and O–H groups in total. The molecule has 0 saturated heterocycles. The average Bonchev–Trinajstić information content (AvgIpc) is 2.97. The highest BCUT2D eigenvalue weighted by Gasteiger charge is 2.35. The second-order valence-corrected chi connectivity index (χ2v) is 5.50. The molecule has 3 aromatic rings. The van der Waals surface area contributed by atoms with Gasteiger partial charge >= 0.3 is 17.9 Å². The Hall–Kier alpha value is -2.82. The standard InChI is InChI=1S/C14H8ClF4N3O4/c1-21-7(14(17,18)19)4-8(23)22(13(21)24)10-6(16)3-5(15)11-9(10)20-12(25-2)26-11/h3-4H,1-2H3. The highest BCUT2D eigenvalue weighted by Crippen LogP contribution is 2.33. The zero-order valence-corrected chi connectivity index (χ0v) is 13.8. The van der Waals surface area contributed by atoms with Gasteiger partial charge < -0.3 is 9.15 Å². The van der Waals surface area contributed by atoms with Crippen molar-refractivity contribution in [2.75, 3.05) is 7.11 Å². The van der Waals surface area contributed by atoms with Crippen molar-refractivity contribution in [1.29, 1.82) is 0 Å². The molecule has 3 rings (SSSR count). The summed E-state index contributed by atoms with van der Waals surface area (Å²) in [6.07, 6.45) is -5.29. The van der Waals surface area contributed by atoms with Crippen molar-refractivity contribution >= 4 is 22.7 Å². The van der Waals surface area contributed by atoms with Crippen LogP contribution in [0.4, 0.5) is 17.6 Å². The van der Waals surface area contributed by atoms with Gasteiger partial charge in [0.1, 0.15) is 16.9 Å². The van der Waals surface area contributed by atoms with E-state index in [1.165, 1.54) is 7.11 Å². The quantitative estimate of drug-likeness (QED) is 0.625. The maximum absolute atomic E-state index is 14.5.